The van der Waals surface area contributed by atoms with Gasteiger partial charge in [0.2, 0.25) is 0 Å². The number of rotatable bonds is 9. The lowest BCUT2D eigenvalue weighted by Crippen LogP contribution is -2.32. The standard InChI is InChI=1S/C26H24N2O5/c1-32-21-13-11-19(12-14-21)28(16-22(33-2)17-7-4-3-5-8-17)20-10-6-9-18(15-20)27-23-24(29)26(31)25(23)30/h3-15,22,27,29H,16H2,1-2H3/t22-/m0/s1. The quantitative estimate of drug-likeness (QED) is 0.373. The van der Waals surface area contributed by atoms with Crippen LogP contribution in [0.1, 0.15) is 11.7 Å². The van der Waals surface area contributed by atoms with Gasteiger partial charge in [-0.25, -0.2) is 0 Å². The van der Waals surface area contributed by atoms with Gasteiger partial charge in [-0.15, -0.1) is 0 Å². The van der Waals surface area contributed by atoms with Crippen LogP contribution in [0, 0.1) is 0 Å². The van der Waals surface area contributed by atoms with E-state index < -0.39 is 16.6 Å². The minimum atomic E-state index is -0.876. The lowest BCUT2D eigenvalue weighted by molar-refractivity contribution is 0.110. The molecule has 7 heteroatoms. The normalized spacial score (nSPS) is 11.8. The summed E-state index contributed by atoms with van der Waals surface area (Å²) in [5.41, 5.74) is 1.67. The number of methoxy groups -OCH3 is 2. The van der Waals surface area contributed by atoms with Crippen LogP contribution in [0.4, 0.5) is 22.7 Å². The zero-order valence-electron chi connectivity index (χ0n) is 18.3. The molecule has 0 amide bonds. The Morgan fingerprint density at radius 2 is 1.61 bits per heavy atom. The Morgan fingerprint density at radius 1 is 0.879 bits per heavy atom. The summed E-state index contributed by atoms with van der Waals surface area (Å²) in [5, 5.41) is 12.6. The first kappa shape index (κ1) is 22.1. The van der Waals surface area contributed by atoms with Gasteiger partial charge in [-0.1, -0.05) is 36.4 Å². The molecule has 168 valence electrons. The van der Waals surface area contributed by atoms with Crippen molar-refractivity contribution in [1.29, 1.82) is 0 Å². The fourth-order valence-corrected chi connectivity index (χ4v) is 3.66. The van der Waals surface area contributed by atoms with Gasteiger partial charge in [-0.2, -0.15) is 0 Å². The molecule has 4 rings (SSSR count). The van der Waals surface area contributed by atoms with Crippen LogP contribution >= 0.6 is 0 Å². The molecular weight excluding hydrogens is 420 g/mol. The SMILES string of the molecule is COc1ccc(N(C[C@H](OC)c2ccccc2)c2cccc(Nc3c(O)c(=O)c3=O)c2)cc1. The maximum Gasteiger partial charge on any atom is 0.271 e. The van der Waals surface area contributed by atoms with Crippen molar-refractivity contribution >= 4 is 22.7 Å². The average Bonchev–Trinajstić information content (AvgIpc) is 2.88. The van der Waals surface area contributed by atoms with E-state index in [1.807, 2.05) is 72.8 Å². The Balaban J connectivity index is 1.69. The maximum absolute atomic E-state index is 11.7. The van der Waals surface area contributed by atoms with E-state index in [2.05, 4.69) is 10.2 Å². The second-order valence-electron chi connectivity index (χ2n) is 7.50. The molecule has 0 saturated heterocycles. The summed E-state index contributed by atoms with van der Waals surface area (Å²) in [6.45, 7) is 0.516. The van der Waals surface area contributed by atoms with E-state index in [-0.39, 0.29) is 11.8 Å². The van der Waals surface area contributed by atoms with E-state index in [1.54, 1.807) is 20.3 Å². The van der Waals surface area contributed by atoms with Crippen LogP contribution in [0.2, 0.25) is 0 Å². The zero-order chi connectivity index (χ0) is 23.4. The molecule has 0 aliphatic carbocycles. The number of hydrogen-bond acceptors (Lipinski definition) is 7. The van der Waals surface area contributed by atoms with Crippen LogP contribution in [0.5, 0.6) is 11.5 Å². The summed E-state index contributed by atoms with van der Waals surface area (Å²) in [5.74, 6) is 0.206. The molecule has 7 nitrogen and oxygen atoms in total. The third-order valence-electron chi connectivity index (χ3n) is 5.50. The van der Waals surface area contributed by atoms with Crippen LogP contribution in [0.15, 0.2) is 88.5 Å². The van der Waals surface area contributed by atoms with Crippen molar-refractivity contribution in [1.82, 2.24) is 0 Å². The Bertz CT molecular complexity index is 1290. The number of ether oxygens (including phenoxy) is 2. The number of hydrogen-bond donors (Lipinski definition) is 2. The van der Waals surface area contributed by atoms with Crippen LogP contribution < -0.4 is 25.8 Å². The molecule has 0 saturated carbocycles. The predicted molar refractivity (Wildman–Crippen MR) is 129 cm³/mol. The van der Waals surface area contributed by atoms with Gasteiger partial charge in [0.1, 0.15) is 11.4 Å². The fraction of sp³-hybridized carbons (Fsp3) is 0.154. The summed E-state index contributed by atoms with van der Waals surface area (Å²) < 4.78 is 11.1. The first-order valence-electron chi connectivity index (χ1n) is 10.4. The second kappa shape index (κ2) is 9.58. The number of anilines is 4. The highest BCUT2D eigenvalue weighted by molar-refractivity contribution is 5.74. The monoisotopic (exact) mass is 444 g/mol. The van der Waals surface area contributed by atoms with E-state index >= 15 is 0 Å². The van der Waals surface area contributed by atoms with Gasteiger partial charge in [0.15, 0.2) is 5.75 Å². The molecule has 0 spiro atoms. The third-order valence-corrected chi connectivity index (χ3v) is 5.50. The lowest BCUT2D eigenvalue weighted by Gasteiger charge is -2.30. The van der Waals surface area contributed by atoms with Gasteiger partial charge in [-0.05, 0) is 48.0 Å². The van der Waals surface area contributed by atoms with Crippen LogP contribution in [0.25, 0.3) is 0 Å². The van der Waals surface area contributed by atoms with Crippen LogP contribution in [-0.2, 0) is 4.74 Å². The van der Waals surface area contributed by atoms with E-state index in [0.29, 0.717) is 12.2 Å². The topological polar surface area (TPSA) is 88.1 Å². The smallest absolute Gasteiger partial charge is 0.271 e. The van der Waals surface area contributed by atoms with E-state index in [4.69, 9.17) is 9.47 Å². The van der Waals surface area contributed by atoms with Gasteiger partial charge >= 0.3 is 0 Å². The molecule has 33 heavy (non-hydrogen) atoms. The molecule has 0 bridgehead atoms. The zero-order valence-corrected chi connectivity index (χ0v) is 18.3. The maximum atomic E-state index is 11.7. The Kier molecular flexibility index (Phi) is 6.42. The van der Waals surface area contributed by atoms with E-state index in [9.17, 15) is 14.7 Å². The summed E-state index contributed by atoms with van der Waals surface area (Å²) >= 11 is 0. The fourth-order valence-electron chi connectivity index (χ4n) is 3.66. The van der Waals surface area contributed by atoms with Crippen molar-refractivity contribution in [2.75, 3.05) is 31.0 Å². The highest BCUT2D eigenvalue weighted by Crippen LogP contribution is 2.33. The minimum absolute atomic E-state index is 0.0906. The highest BCUT2D eigenvalue weighted by Gasteiger charge is 2.21. The second-order valence-corrected chi connectivity index (χ2v) is 7.50. The van der Waals surface area contributed by atoms with Gasteiger partial charge in [0, 0.05) is 24.2 Å². The largest absolute Gasteiger partial charge is 0.502 e. The molecule has 0 radical (unpaired) electrons. The molecule has 0 aromatic heterocycles. The first-order valence-corrected chi connectivity index (χ1v) is 10.4. The molecule has 0 fully saturated rings. The van der Waals surface area contributed by atoms with Gasteiger partial charge in [-0.3, -0.25) is 9.59 Å². The molecule has 0 aliphatic rings. The summed E-state index contributed by atoms with van der Waals surface area (Å²) in [4.78, 5) is 25.2. The molecule has 1 atom stereocenters. The Hall–Kier alpha value is -4.10. The number of nitrogens with one attached hydrogen (secondary N) is 1. The van der Waals surface area contributed by atoms with Crippen molar-refractivity contribution in [2.24, 2.45) is 0 Å². The minimum Gasteiger partial charge on any atom is -0.502 e. The summed E-state index contributed by atoms with van der Waals surface area (Å²) in [7, 11) is 3.30. The van der Waals surface area contributed by atoms with E-state index in [1.165, 1.54) is 0 Å². The first-order chi connectivity index (χ1) is 16.0. The number of benzene rings is 3. The highest BCUT2D eigenvalue weighted by atomic mass is 16.5. The van der Waals surface area contributed by atoms with Crippen molar-refractivity contribution in [3.8, 4) is 11.5 Å². The molecular formula is C26H24N2O5. The van der Waals surface area contributed by atoms with Gasteiger partial charge in [0.05, 0.1) is 19.8 Å². The predicted octanol–water partition coefficient (Wildman–Crippen LogP) is 4.27. The van der Waals surface area contributed by atoms with Crippen molar-refractivity contribution in [2.45, 2.75) is 6.10 Å². The van der Waals surface area contributed by atoms with Crippen molar-refractivity contribution < 1.29 is 14.6 Å². The average molecular weight is 444 g/mol. The Morgan fingerprint density at radius 3 is 2.24 bits per heavy atom. The van der Waals surface area contributed by atoms with Crippen LogP contribution in [0.3, 0.4) is 0 Å². The number of aromatic hydroxyl groups is 1. The van der Waals surface area contributed by atoms with Crippen LogP contribution in [-0.4, -0.2) is 25.9 Å². The molecule has 4 aromatic rings. The van der Waals surface area contributed by atoms with Crippen molar-refractivity contribution in [3.05, 3.63) is 105 Å². The molecule has 0 aliphatic heterocycles. The van der Waals surface area contributed by atoms with Gasteiger partial charge < -0.3 is 24.8 Å². The summed E-state index contributed by atoms with van der Waals surface area (Å²) in [6, 6.07) is 25.0. The van der Waals surface area contributed by atoms with Gasteiger partial charge in [0.25, 0.3) is 10.9 Å². The summed E-state index contributed by atoms with van der Waals surface area (Å²) in [6.07, 6.45) is -0.206. The number of nitrogens with zero attached hydrogens (tertiary/aromatic N) is 1. The van der Waals surface area contributed by atoms with Crippen molar-refractivity contribution in [3.63, 3.8) is 0 Å². The third kappa shape index (κ3) is 4.58. The lowest BCUT2D eigenvalue weighted by atomic mass is 10.1. The Labute approximate surface area is 191 Å². The molecule has 0 unspecified atom stereocenters. The molecule has 0 heterocycles. The molecule has 4 aromatic carbocycles. The molecule has 2 N–H and O–H groups in total. The van der Waals surface area contributed by atoms with E-state index in [0.717, 1.165) is 22.7 Å².